The highest BCUT2D eigenvalue weighted by atomic mass is 16.6. The monoisotopic (exact) mass is 917 g/mol. The lowest BCUT2D eigenvalue weighted by molar-refractivity contribution is -0.167. The van der Waals surface area contributed by atoms with E-state index < -0.39 is 12.1 Å². The van der Waals surface area contributed by atoms with Crippen LogP contribution in [-0.4, -0.2) is 48.3 Å². The molecular formula is C57H104O8. The number of ether oxygens (including phenoxy) is 3. The molecule has 0 rings (SSSR count). The lowest BCUT2D eigenvalue weighted by Crippen LogP contribution is -2.30. The fourth-order valence-corrected chi connectivity index (χ4v) is 8.22. The van der Waals surface area contributed by atoms with Crippen LogP contribution in [0.3, 0.4) is 0 Å². The second kappa shape index (κ2) is 52.3. The van der Waals surface area contributed by atoms with Crippen molar-refractivity contribution in [3.8, 4) is 0 Å². The van der Waals surface area contributed by atoms with E-state index >= 15 is 0 Å². The average molecular weight is 917 g/mol. The molecule has 0 aromatic heterocycles. The molecule has 0 saturated carbocycles. The van der Waals surface area contributed by atoms with Crippen LogP contribution in [0.25, 0.3) is 0 Å². The molecule has 1 N–H and O–H groups in total. The number of carboxylic acid groups (broad SMARTS) is 1. The van der Waals surface area contributed by atoms with E-state index in [2.05, 4.69) is 38.2 Å². The lowest BCUT2D eigenvalue weighted by Gasteiger charge is -2.18. The summed E-state index contributed by atoms with van der Waals surface area (Å²) in [6.45, 7) is 4.34. The Bertz CT molecular complexity index is 1120. The summed E-state index contributed by atoms with van der Waals surface area (Å²) in [5, 5.41) is 8.71. The van der Waals surface area contributed by atoms with Gasteiger partial charge in [-0.2, -0.15) is 0 Å². The van der Waals surface area contributed by atoms with Crippen LogP contribution < -0.4 is 0 Å². The SMILES string of the molecule is CCCCCCCCC=CCCCCCCCC(=O)OCC(COC(=O)CCCCCCCCCCCCCCCCC)OC(=O)CCCCCCCC=CCCCCCCCC(=O)O. The number of hydrogen-bond donors (Lipinski definition) is 1. The van der Waals surface area contributed by atoms with Crippen LogP contribution >= 0.6 is 0 Å². The van der Waals surface area contributed by atoms with Crippen molar-refractivity contribution in [3.05, 3.63) is 24.3 Å². The molecule has 0 amide bonds. The summed E-state index contributed by atoms with van der Waals surface area (Å²) in [5.74, 6) is -1.63. The highest BCUT2D eigenvalue weighted by Crippen LogP contribution is 2.16. The van der Waals surface area contributed by atoms with Crippen molar-refractivity contribution in [1.82, 2.24) is 0 Å². The van der Waals surface area contributed by atoms with Crippen molar-refractivity contribution < 1.29 is 38.5 Å². The first-order valence-electron chi connectivity index (χ1n) is 27.9. The molecule has 0 aromatic rings. The van der Waals surface area contributed by atoms with Gasteiger partial charge in [0.25, 0.3) is 0 Å². The Kier molecular flexibility index (Phi) is 50.2. The standard InChI is InChI=1S/C57H104O8/c1-3-5-7-9-11-13-15-17-19-24-28-32-36-40-44-48-55(60)63-51-53(52-64-56(61)49-45-41-37-33-29-25-20-18-16-14-12-10-8-6-4-2)65-57(62)50-46-42-38-34-30-26-22-21-23-27-31-35-39-43-47-54(58)59/h17,19,21-22,53H,3-16,18,20,23-52H2,1-2H3,(H,58,59). The molecule has 0 aliphatic carbocycles. The van der Waals surface area contributed by atoms with Crippen molar-refractivity contribution in [1.29, 1.82) is 0 Å². The van der Waals surface area contributed by atoms with Gasteiger partial charge in [0.2, 0.25) is 0 Å². The molecule has 65 heavy (non-hydrogen) atoms. The van der Waals surface area contributed by atoms with Crippen LogP contribution in [0, 0.1) is 0 Å². The third-order valence-electron chi connectivity index (χ3n) is 12.5. The van der Waals surface area contributed by atoms with Gasteiger partial charge in [-0.25, -0.2) is 0 Å². The molecule has 0 heterocycles. The second-order valence-electron chi connectivity index (χ2n) is 19.0. The van der Waals surface area contributed by atoms with Crippen LogP contribution in [-0.2, 0) is 33.4 Å². The summed E-state index contributed by atoms with van der Waals surface area (Å²) in [7, 11) is 0. The summed E-state index contributed by atoms with van der Waals surface area (Å²) in [6.07, 6.45) is 56.6. The Hall–Kier alpha value is -2.64. The maximum Gasteiger partial charge on any atom is 0.306 e. The van der Waals surface area contributed by atoms with E-state index in [1.54, 1.807) is 0 Å². The second-order valence-corrected chi connectivity index (χ2v) is 19.0. The van der Waals surface area contributed by atoms with E-state index in [0.717, 1.165) is 122 Å². The predicted molar refractivity (Wildman–Crippen MR) is 272 cm³/mol. The topological polar surface area (TPSA) is 116 Å². The van der Waals surface area contributed by atoms with Gasteiger partial charge in [0, 0.05) is 25.7 Å². The summed E-state index contributed by atoms with van der Waals surface area (Å²) in [5.41, 5.74) is 0. The van der Waals surface area contributed by atoms with E-state index in [1.165, 1.54) is 135 Å². The molecule has 1 atom stereocenters. The summed E-state index contributed by atoms with van der Waals surface area (Å²) >= 11 is 0. The van der Waals surface area contributed by atoms with E-state index in [-0.39, 0.29) is 37.5 Å². The molecule has 0 aromatic carbocycles. The molecule has 0 saturated heterocycles. The van der Waals surface area contributed by atoms with Gasteiger partial charge in [-0.1, -0.05) is 218 Å². The first kappa shape index (κ1) is 62.4. The number of unbranched alkanes of at least 4 members (excludes halogenated alkanes) is 35. The summed E-state index contributed by atoms with van der Waals surface area (Å²) < 4.78 is 16.8. The van der Waals surface area contributed by atoms with Crippen LogP contribution in [0.1, 0.15) is 296 Å². The first-order chi connectivity index (χ1) is 31.9. The van der Waals surface area contributed by atoms with Crippen molar-refractivity contribution in [2.24, 2.45) is 0 Å². The highest BCUT2D eigenvalue weighted by Gasteiger charge is 2.19. The number of carboxylic acids is 1. The Labute approximate surface area is 401 Å². The average Bonchev–Trinajstić information content (AvgIpc) is 3.29. The van der Waals surface area contributed by atoms with Crippen LogP contribution in [0.5, 0.6) is 0 Å². The van der Waals surface area contributed by atoms with Gasteiger partial charge in [-0.3, -0.25) is 19.2 Å². The van der Waals surface area contributed by atoms with Gasteiger partial charge < -0.3 is 19.3 Å². The molecule has 380 valence electrons. The maximum atomic E-state index is 12.8. The largest absolute Gasteiger partial charge is 0.481 e. The van der Waals surface area contributed by atoms with Gasteiger partial charge >= 0.3 is 23.9 Å². The summed E-state index contributed by atoms with van der Waals surface area (Å²) in [4.78, 5) is 48.7. The smallest absolute Gasteiger partial charge is 0.306 e. The van der Waals surface area contributed by atoms with Crippen molar-refractivity contribution in [3.63, 3.8) is 0 Å². The minimum atomic E-state index is -0.797. The molecule has 0 bridgehead atoms. The number of aliphatic carboxylic acids is 1. The van der Waals surface area contributed by atoms with Gasteiger partial charge in [0.15, 0.2) is 6.10 Å². The van der Waals surface area contributed by atoms with E-state index in [1.807, 2.05) is 0 Å². The quantitative estimate of drug-likeness (QED) is 0.0278. The lowest BCUT2D eigenvalue weighted by atomic mass is 10.0. The Morgan fingerprint density at radius 1 is 0.338 bits per heavy atom. The van der Waals surface area contributed by atoms with Crippen LogP contribution in [0.2, 0.25) is 0 Å². The van der Waals surface area contributed by atoms with Gasteiger partial charge in [-0.05, 0) is 77.0 Å². The summed E-state index contributed by atoms with van der Waals surface area (Å²) in [6, 6.07) is 0. The number of allylic oxidation sites excluding steroid dienone is 4. The van der Waals surface area contributed by atoms with Crippen LogP contribution in [0.15, 0.2) is 24.3 Å². The number of carbonyl (C=O) groups is 4. The first-order valence-corrected chi connectivity index (χ1v) is 27.9. The zero-order valence-electron chi connectivity index (χ0n) is 42.7. The number of hydrogen-bond acceptors (Lipinski definition) is 7. The van der Waals surface area contributed by atoms with E-state index in [9.17, 15) is 19.2 Å². The number of carbonyl (C=O) groups excluding carboxylic acids is 3. The molecule has 8 nitrogen and oxygen atoms in total. The van der Waals surface area contributed by atoms with E-state index in [0.29, 0.717) is 19.3 Å². The zero-order valence-corrected chi connectivity index (χ0v) is 42.7. The molecule has 0 aliphatic rings. The Morgan fingerprint density at radius 3 is 0.877 bits per heavy atom. The highest BCUT2D eigenvalue weighted by molar-refractivity contribution is 5.71. The predicted octanol–water partition coefficient (Wildman–Crippen LogP) is 17.4. The third-order valence-corrected chi connectivity index (χ3v) is 12.5. The van der Waals surface area contributed by atoms with E-state index in [4.69, 9.17) is 19.3 Å². The van der Waals surface area contributed by atoms with Crippen molar-refractivity contribution in [2.45, 2.75) is 302 Å². The fraction of sp³-hybridized carbons (Fsp3) is 0.860. The van der Waals surface area contributed by atoms with Gasteiger partial charge in [0.1, 0.15) is 13.2 Å². The molecular weight excluding hydrogens is 813 g/mol. The molecule has 1 unspecified atom stereocenters. The van der Waals surface area contributed by atoms with Gasteiger partial charge in [-0.15, -0.1) is 0 Å². The Morgan fingerprint density at radius 2 is 0.585 bits per heavy atom. The van der Waals surface area contributed by atoms with Gasteiger partial charge in [0.05, 0.1) is 0 Å². The third kappa shape index (κ3) is 52.2. The van der Waals surface area contributed by atoms with Crippen molar-refractivity contribution >= 4 is 23.9 Å². The number of esters is 3. The molecule has 0 fully saturated rings. The molecule has 0 radical (unpaired) electrons. The molecule has 0 aliphatic heterocycles. The normalized spacial score (nSPS) is 12.0. The number of rotatable bonds is 52. The van der Waals surface area contributed by atoms with Crippen LogP contribution in [0.4, 0.5) is 0 Å². The molecule has 0 spiro atoms. The maximum absolute atomic E-state index is 12.8. The zero-order chi connectivity index (χ0) is 47.4. The minimum Gasteiger partial charge on any atom is -0.481 e. The minimum absolute atomic E-state index is 0.0929. The van der Waals surface area contributed by atoms with Crippen molar-refractivity contribution in [2.75, 3.05) is 13.2 Å². The Balaban J connectivity index is 4.37. The fourth-order valence-electron chi connectivity index (χ4n) is 8.22. The molecule has 8 heteroatoms.